The van der Waals surface area contributed by atoms with Crippen LogP contribution in [0, 0.1) is 5.95 Å². The zero-order chi connectivity index (χ0) is 26.8. The van der Waals surface area contributed by atoms with Crippen LogP contribution in [0.5, 0.6) is 0 Å². The molecular formula is C22H15ClF4N10O. The van der Waals surface area contributed by atoms with E-state index in [1.807, 2.05) is 0 Å². The van der Waals surface area contributed by atoms with Crippen LogP contribution in [0.15, 0.2) is 49.3 Å². The van der Waals surface area contributed by atoms with Crippen molar-refractivity contribution in [2.45, 2.75) is 31.0 Å². The second-order valence-corrected chi connectivity index (χ2v) is 9.27. The fourth-order valence-electron chi connectivity index (χ4n) is 4.78. The van der Waals surface area contributed by atoms with Gasteiger partial charge < -0.3 is 5.32 Å². The van der Waals surface area contributed by atoms with Gasteiger partial charge in [0.25, 0.3) is 0 Å². The molecule has 0 saturated carbocycles. The highest BCUT2D eigenvalue weighted by molar-refractivity contribution is 6.32. The molecule has 0 radical (unpaired) electrons. The Hall–Kier alpha value is -4.40. The molecule has 0 spiro atoms. The van der Waals surface area contributed by atoms with Crippen LogP contribution in [0.3, 0.4) is 0 Å². The van der Waals surface area contributed by atoms with Crippen molar-refractivity contribution >= 4 is 28.8 Å². The van der Waals surface area contributed by atoms with Gasteiger partial charge in [0.05, 0.1) is 47.1 Å². The maximum atomic E-state index is 14.1. The predicted octanol–water partition coefficient (Wildman–Crippen LogP) is 3.60. The Morgan fingerprint density at radius 3 is 2.58 bits per heavy atom. The highest BCUT2D eigenvalue weighted by Gasteiger charge is 2.48. The summed E-state index contributed by atoms with van der Waals surface area (Å²) in [5.74, 6) is -1.93. The molecule has 1 aliphatic carbocycles. The summed E-state index contributed by atoms with van der Waals surface area (Å²) in [7, 11) is 0. The molecule has 1 amide bonds. The maximum Gasteiger partial charge on any atom is 0.504 e. The van der Waals surface area contributed by atoms with E-state index in [4.69, 9.17) is 11.6 Å². The van der Waals surface area contributed by atoms with Crippen molar-refractivity contribution in [1.29, 1.82) is 0 Å². The van der Waals surface area contributed by atoms with Crippen LogP contribution in [0.4, 0.5) is 23.2 Å². The second-order valence-electron chi connectivity index (χ2n) is 8.87. The summed E-state index contributed by atoms with van der Waals surface area (Å²) in [6, 6.07) is 2.56. The number of halogens is 5. The van der Waals surface area contributed by atoms with Gasteiger partial charge >= 0.3 is 6.30 Å². The van der Waals surface area contributed by atoms with E-state index in [0.29, 0.717) is 11.3 Å². The minimum Gasteiger partial charge on any atom is -0.324 e. The van der Waals surface area contributed by atoms with Gasteiger partial charge in [0.1, 0.15) is 0 Å². The van der Waals surface area contributed by atoms with Crippen molar-refractivity contribution in [2.75, 3.05) is 5.32 Å². The molecule has 0 saturated heterocycles. The molecule has 6 rings (SSSR count). The lowest BCUT2D eigenvalue weighted by molar-refractivity contribution is -0.212. The smallest absolute Gasteiger partial charge is 0.324 e. The first-order valence-electron chi connectivity index (χ1n) is 11.0. The number of rotatable bonds is 4. The molecule has 5 aromatic rings. The average Bonchev–Trinajstić information content (AvgIpc) is 3.64. The van der Waals surface area contributed by atoms with E-state index in [0.717, 1.165) is 18.5 Å². The molecule has 0 aliphatic heterocycles. The minimum atomic E-state index is -4.73. The average molecular weight is 547 g/mol. The second kappa shape index (κ2) is 8.31. The molecule has 1 aliphatic rings. The van der Waals surface area contributed by atoms with Gasteiger partial charge in [-0.25, -0.2) is 14.5 Å². The summed E-state index contributed by atoms with van der Waals surface area (Å²) < 4.78 is 55.1. The Kier molecular flexibility index (Phi) is 5.24. The standard InChI is InChI=1S/C22H15ClF4N10O/c1-21(11-7-32-35(10-11)22(25,26)27)6-13(14-9-28-17-5-16(24)34-36(17)18(14)21)20(38)33-12-4-15(23)19(29-8-12)37-30-2-3-31-37/h2-5,7-10,13H,6H2,1H3,(H,33,38)/t13-,21-/m0/s1. The SMILES string of the molecule is C[C@@]1(c2cnn(C(F)(F)F)c2)C[C@H](C(=O)Nc2cnc(-n3nccn3)c(Cl)c2)c2cnc3cc(F)nn3c21. The van der Waals surface area contributed by atoms with Crippen molar-refractivity contribution in [3.63, 3.8) is 0 Å². The zero-order valence-corrected chi connectivity index (χ0v) is 20.0. The monoisotopic (exact) mass is 546 g/mol. The lowest BCUT2D eigenvalue weighted by Crippen LogP contribution is -2.25. The van der Waals surface area contributed by atoms with Crippen LogP contribution in [-0.4, -0.2) is 50.3 Å². The first-order valence-corrected chi connectivity index (χ1v) is 11.4. The Balaban J connectivity index is 1.39. The van der Waals surface area contributed by atoms with Gasteiger partial charge in [0.15, 0.2) is 11.5 Å². The Morgan fingerprint density at radius 2 is 1.89 bits per heavy atom. The normalized spacial score (nSPS) is 19.2. The largest absolute Gasteiger partial charge is 0.504 e. The summed E-state index contributed by atoms with van der Waals surface area (Å²) in [5, 5.41) is 18.1. The molecule has 0 fully saturated rings. The molecule has 2 atom stereocenters. The summed E-state index contributed by atoms with van der Waals surface area (Å²) in [4.78, 5) is 23.1. The van der Waals surface area contributed by atoms with Gasteiger partial charge in [-0.3, -0.25) is 4.79 Å². The van der Waals surface area contributed by atoms with Crippen molar-refractivity contribution < 1.29 is 22.4 Å². The number of carbonyl (C=O) groups is 1. The number of hydrogen-bond acceptors (Lipinski definition) is 7. The van der Waals surface area contributed by atoms with Gasteiger partial charge in [-0.1, -0.05) is 11.6 Å². The molecule has 0 unspecified atom stereocenters. The van der Waals surface area contributed by atoms with Crippen molar-refractivity contribution in [2.24, 2.45) is 0 Å². The highest BCUT2D eigenvalue weighted by atomic mass is 35.5. The van der Waals surface area contributed by atoms with Gasteiger partial charge in [0.2, 0.25) is 11.9 Å². The first-order chi connectivity index (χ1) is 18.0. The number of pyridine rings is 1. The van der Waals surface area contributed by atoms with E-state index < -0.39 is 29.5 Å². The molecule has 5 heterocycles. The van der Waals surface area contributed by atoms with Gasteiger partial charge in [-0.15, -0.1) is 23.1 Å². The number of anilines is 1. The van der Waals surface area contributed by atoms with Crippen molar-refractivity contribution in [1.82, 2.24) is 44.4 Å². The Labute approximate surface area is 215 Å². The van der Waals surface area contributed by atoms with Crippen LogP contribution in [0.2, 0.25) is 5.02 Å². The third-order valence-electron chi connectivity index (χ3n) is 6.49. The molecule has 38 heavy (non-hydrogen) atoms. The zero-order valence-electron chi connectivity index (χ0n) is 19.2. The number of fused-ring (bicyclic) bond motifs is 3. The number of amides is 1. The number of aromatic nitrogens is 9. The summed E-state index contributed by atoms with van der Waals surface area (Å²) in [5.41, 5.74) is 0.133. The number of nitrogens with one attached hydrogen (secondary N) is 1. The summed E-state index contributed by atoms with van der Waals surface area (Å²) in [6.45, 7) is 1.65. The van der Waals surface area contributed by atoms with Gasteiger partial charge in [-0.2, -0.15) is 24.4 Å². The van der Waals surface area contributed by atoms with E-state index >= 15 is 0 Å². The number of hydrogen-bond donors (Lipinski definition) is 1. The lowest BCUT2D eigenvalue weighted by atomic mass is 9.80. The van der Waals surface area contributed by atoms with Gasteiger partial charge in [-0.05, 0) is 19.4 Å². The topological polar surface area (TPSA) is 121 Å². The Morgan fingerprint density at radius 1 is 1.13 bits per heavy atom. The number of nitrogens with zero attached hydrogens (tertiary/aromatic N) is 9. The fourth-order valence-corrected chi connectivity index (χ4v) is 5.02. The third-order valence-corrected chi connectivity index (χ3v) is 6.76. The Bertz CT molecular complexity index is 1700. The summed E-state index contributed by atoms with van der Waals surface area (Å²) in [6.07, 6.45) is 2.92. The van der Waals surface area contributed by atoms with Crippen LogP contribution >= 0.6 is 11.6 Å². The predicted molar refractivity (Wildman–Crippen MR) is 123 cm³/mol. The molecule has 194 valence electrons. The van der Waals surface area contributed by atoms with E-state index in [9.17, 15) is 22.4 Å². The van der Waals surface area contributed by atoms with E-state index in [1.165, 1.54) is 40.2 Å². The van der Waals surface area contributed by atoms with Crippen molar-refractivity contribution in [3.05, 3.63) is 77.1 Å². The minimum absolute atomic E-state index is 0.0381. The third kappa shape index (κ3) is 3.77. The van der Waals surface area contributed by atoms with Crippen LogP contribution in [-0.2, 0) is 16.5 Å². The lowest BCUT2D eigenvalue weighted by Gasteiger charge is -2.24. The van der Waals surface area contributed by atoms with Crippen LogP contribution in [0.1, 0.15) is 36.1 Å². The van der Waals surface area contributed by atoms with Crippen LogP contribution < -0.4 is 5.32 Å². The highest BCUT2D eigenvalue weighted by Crippen LogP contribution is 2.50. The molecule has 16 heteroatoms. The molecule has 1 N–H and O–H groups in total. The number of alkyl halides is 3. The molecule has 0 aromatic carbocycles. The summed E-state index contributed by atoms with van der Waals surface area (Å²) >= 11 is 6.30. The maximum absolute atomic E-state index is 14.1. The van der Waals surface area contributed by atoms with E-state index in [2.05, 4.69) is 35.7 Å². The molecular weight excluding hydrogens is 532 g/mol. The van der Waals surface area contributed by atoms with Gasteiger partial charge in [0, 0.05) is 35.0 Å². The van der Waals surface area contributed by atoms with Crippen molar-refractivity contribution in [3.8, 4) is 5.82 Å². The van der Waals surface area contributed by atoms with E-state index in [1.54, 1.807) is 6.92 Å². The van der Waals surface area contributed by atoms with Crippen LogP contribution in [0.25, 0.3) is 11.5 Å². The molecule has 5 aromatic heterocycles. The first kappa shape index (κ1) is 24.0. The molecule has 0 bridgehead atoms. The number of carbonyl (C=O) groups excluding carboxylic acids is 1. The van der Waals surface area contributed by atoms with E-state index in [-0.39, 0.29) is 38.8 Å². The fraction of sp³-hybridized carbons (Fsp3) is 0.227. The quantitative estimate of drug-likeness (QED) is 0.342. The molecule has 11 nitrogen and oxygen atoms in total.